The lowest BCUT2D eigenvalue weighted by atomic mass is 10.2. The van der Waals surface area contributed by atoms with Crippen LogP contribution in [0.25, 0.3) is 0 Å². The third-order valence-corrected chi connectivity index (χ3v) is 2.89. The second-order valence-electron chi connectivity index (χ2n) is 2.48. The van der Waals surface area contributed by atoms with Gasteiger partial charge in [0.1, 0.15) is 0 Å². The first-order valence-corrected chi connectivity index (χ1v) is 5.62. The molecule has 1 rings (SSSR count). The average molecular weight is 251 g/mol. The SMILES string of the molecule is O=C(SCCO)c1ccc(Cl)cc1Cl. The average Bonchev–Trinajstić information content (AvgIpc) is 2.14. The molecule has 0 heterocycles. The van der Waals surface area contributed by atoms with E-state index < -0.39 is 0 Å². The van der Waals surface area contributed by atoms with Crippen molar-refractivity contribution in [1.82, 2.24) is 0 Å². The zero-order valence-electron chi connectivity index (χ0n) is 7.17. The fourth-order valence-electron chi connectivity index (χ4n) is 0.871. The Hall–Kier alpha value is -0.220. The molecule has 76 valence electrons. The maximum atomic E-state index is 11.5. The summed E-state index contributed by atoms with van der Waals surface area (Å²) in [6.45, 7) is -0.0262. The van der Waals surface area contributed by atoms with Crippen molar-refractivity contribution in [2.24, 2.45) is 0 Å². The molecule has 1 aromatic rings. The molecule has 0 aliphatic carbocycles. The summed E-state index contributed by atoms with van der Waals surface area (Å²) in [5.41, 5.74) is 0.425. The lowest BCUT2D eigenvalue weighted by molar-refractivity contribution is 0.108. The number of rotatable bonds is 3. The predicted octanol–water partition coefficient (Wildman–Crippen LogP) is 2.86. The molecule has 0 aliphatic heterocycles. The number of benzene rings is 1. The fraction of sp³-hybridized carbons (Fsp3) is 0.222. The molecular weight excluding hydrogens is 243 g/mol. The Morgan fingerprint density at radius 2 is 2.14 bits per heavy atom. The van der Waals surface area contributed by atoms with E-state index in [1.165, 1.54) is 6.07 Å². The van der Waals surface area contributed by atoms with Gasteiger partial charge >= 0.3 is 0 Å². The summed E-state index contributed by atoms with van der Waals surface area (Å²) in [6, 6.07) is 4.72. The first kappa shape index (κ1) is 11.9. The number of hydrogen-bond acceptors (Lipinski definition) is 3. The summed E-state index contributed by atoms with van der Waals surface area (Å²) < 4.78 is 0. The van der Waals surface area contributed by atoms with Crippen molar-refractivity contribution in [3.63, 3.8) is 0 Å². The first-order chi connectivity index (χ1) is 6.65. The molecule has 0 saturated carbocycles. The first-order valence-electron chi connectivity index (χ1n) is 3.88. The van der Waals surface area contributed by atoms with Crippen LogP contribution in [-0.4, -0.2) is 22.6 Å². The van der Waals surface area contributed by atoms with Crippen LogP contribution in [0.5, 0.6) is 0 Å². The van der Waals surface area contributed by atoms with Crippen LogP contribution in [0.2, 0.25) is 10.0 Å². The minimum Gasteiger partial charge on any atom is -0.396 e. The molecule has 14 heavy (non-hydrogen) atoms. The number of aliphatic hydroxyl groups excluding tert-OH is 1. The Bertz CT molecular complexity index is 342. The molecule has 0 aromatic heterocycles. The highest BCUT2D eigenvalue weighted by atomic mass is 35.5. The van der Waals surface area contributed by atoms with Crippen molar-refractivity contribution >= 4 is 40.1 Å². The van der Waals surface area contributed by atoms with Crippen LogP contribution in [0.3, 0.4) is 0 Å². The second kappa shape index (κ2) is 5.61. The van der Waals surface area contributed by atoms with Gasteiger partial charge in [-0.1, -0.05) is 35.0 Å². The number of thioether (sulfide) groups is 1. The van der Waals surface area contributed by atoms with Crippen LogP contribution >= 0.6 is 35.0 Å². The molecule has 0 radical (unpaired) electrons. The van der Waals surface area contributed by atoms with E-state index in [0.717, 1.165) is 11.8 Å². The molecule has 0 spiro atoms. The van der Waals surface area contributed by atoms with Gasteiger partial charge in [-0.25, -0.2) is 0 Å². The van der Waals surface area contributed by atoms with Gasteiger partial charge in [0.25, 0.3) is 0 Å². The van der Waals surface area contributed by atoms with E-state index >= 15 is 0 Å². The van der Waals surface area contributed by atoms with Gasteiger partial charge < -0.3 is 5.11 Å². The summed E-state index contributed by atoms with van der Waals surface area (Å²) in [6.07, 6.45) is 0. The number of carbonyl (C=O) groups is 1. The van der Waals surface area contributed by atoms with Crippen molar-refractivity contribution in [3.05, 3.63) is 33.8 Å². The van der Waals surface area contributed by atoms with E-state index in [0.29, 0.717) is 21.4 Å². The topological polar surface area (TPSA) is 37.3 Å². The second-order valence-corrected chi connectivity index (χ2v) is 4.40. The Morgan fingerprint density at radius 1 is 1.43 bits per heavy atom. The summed E-state index contributed by atoms with van der Waals surface area (Å²) in [5.74, 6) is 0.373. The monoisotopic (exact) mass is 250 g/mol. The largest absolute Gasteiger partial charge is 0.396 e. The number of halogens is 2. The highest BCUT2D eigenvalue weighted by Crippen LogP contribution is 2.24. The molecule has 0 bridgehead atoms. The minimum absolute atomic E-state index is 0.0262. The standard InChI is InChI=1S/C9H8Cl2O2S/c10-6-1-2-7(8(11)5-6)9(13)14-4-3-12/h1-2,5,12H,3-4H2. The lowest BCUT2D eigenvalue weighted by Crippen LogP contribution is -1.98. The summed E-state index contributed by atoms with van der Waals surface area (Å²) in [7, 11) is 0. The Labute approximate surface area is 96.2 Å². The smallest absolute Gasteiger partial charge is 0.220 e. The van der Waals surface area contributed by atoms with Crippen LogP contribution in [0, 0.1) is 0 Å². The molecule has 0 atom stereocenters. The van der Waals surface area contributed by atoms with Gasteiger partial charge in [-0.2, -0.15) is 0 Å². The van der Waals surface area contributed by atoms with Crippen molar-refractivity contribution in [3.8, 4) is 0 Å². The van der Waals surface area contributed by atoms with Crippen molar-refractivity contribution in [1.29, 1.82) is 0 Å². The van der Waals surface area contributed by atoms with E-state index in [1.807, 2.05) is 0 Å². The van der Waals surface area contributed by atoms with Crippen LogP contribution < -0.4 is 0 Å². The highest BCUT2D eigenvalue weighted by Gasteiger charge is 2.10. The van der Waals surface area contributed by atoms with Crippen LogP contribution in [0.1, 0.15) is 10.4 Å². The maximum Gasteiger partial charge on any atom is 0.220 e. The quantitative estimate of drug-likeness (QED) is 0.897. The van der Waals surface area contributed by atoms with Gasteiger partial charge in [0.15, 0.2) is 0 Å². The van der Waals surface area contributed by atoms with Gasteiger partial charge in [-0.15, -0.1) is 0 Å². The molecule has 1 N–H and O–H groups in total. The minimum atomic E-state index is -0.152. The molecule has 2 nitrogen and oxygen atoms in total. The maximum absolute atomic E-state index is 11.5. The molecule has 0 fully saturated rings. The molecule has 5 heteroatoms. The highest BCUT2D eigenvalue weighted by molar-refractivity contribution is 8.14. The van der Waals surface area contributed by atoms with Crippen molar-refractivity contribution in [2.45, 2.75) is 0 Å². The Kier molecular flexibility index (Phi) is 4.75. The lowest BCUT2D eigenvalue weighted by Gasteiger charge is -2.02. The van der Waals surface area contributed by atoms with Gasteiger partial charge in [0, 0.05) is 16.3 Å². The number of hydrogen-bond donors (Lipinski definition) is 1. The number of aliphatic hydroxyl groups is 1. The molecule has 0 amide bonds. The van der Waals surface area contributed by atoms with Gasteiger partial charge in [0.2, 0.25) is 5.12 Å². The Morgan fingerprint density at radius 3 is 2.71 bits per heavy atom. The van der Waals surface area contributed by atoms with Crippen LogP contribution in [0.15, 0.2) is 18.2 Å². The number of carbonyl (C=O) groups excluding carboxylic acids is 1. The van der Waals surface area contributed by atoms with E-state index in [9.17, 15) is 4.79 Å². The zero-order chi connectivity index (χ0) is 10.6. The normalized spacial score (nSPS) is 10.2. The zero-order valence-corrected chi connectivity index (χ0v) is 9.49. The molecule has 0 saturated heterocycles. The van der Waals surface area contributed by atoms with E-state index in [4.69, 9.17) is 28.3 Å². The van der Waals surface area contributed by atoms with Crippen LogP contribution in [-0.2, 0) is 0 Å². The third-order valence-electron chi connectivity index (χ3n) is 1.48. The van der Waals surface area contributed by atoms with Gasteiger partial charge in [-0.3, -0.25) is 4.79 Å². The molecule has 0 aliphatic rings. The fourth-order valence-corrected chi connectivity index (χ4v) is 2.03. The Balaban J connectivity index is 2.80. The van der Waals surface area contributed by atoms with E-state index in [1.54, 1.807) is 12.1 Å². The molecule has 0 unspecified atom stereocenters. The van der Waals surface area contributed by atoms with E-state index in [2.05, 4.69) is 0 Å². The van der Waals surface area contributed by atoms with Crippen molar-refractivity contribution in [2.75, 3.05) is 12.4 Å². The predicted molar refractivity (Wildman–Crippen MR) is 60.3 cm³/mol. The van der Waals surface area contributed by atoms with Crippen LogP contribution in [0.4, 0.5) is 0 Å². The summed E-state index contributed by atoms with van der Waals surface area (Å²) in [5, 5.41) is 9.24. The summed E-state index contributed by atoms with van der Waals surface area (Å²) in [4.78, 5) is 11.5. The molecular formula is C9H8Cl2O2S. The van der Waals surface area contributed by atoms with E-state index in [-0.39, 0.29) is 11.7 Å². The van der Waals surface area contributed by atoms with Gasteiger partial charge in [0.05, 0.1) is 11.6 Å². The third kappa shape index (κ3) is 3.17. The summed E-state index contributed by atoms with van der Waals surface area (Å²) >= 11 is 12.5. The van der Waals surface area contributed by atoms with Gasteiger partial charge in [-0.05, 0) is 18.2 Å². The van der Waals surface area contributed by atoms with Crippen molar-refractivity contribution < 1.29 is 9.90 Å². The molecule has 1 aromatic carbocycles.